The van der Waals surface area contributed by atoms with Crippen LogP contribution >= 0.6 is 11.3 Å². The van der Waals surface area contributed by atoms with Crippen molar-refractivity contribution in [1.29, 1.82) is 0 Å². The molecule has 0 atom stereocenters. The van der Waals surface area contributed by atoms with Gasteiger partial charge in [-0.05, 0) is 51.4 Å². The highest BCUT2D eigenvalue weighted by Crippen LogP contribution is 2.20. The van der Waals surface area contributed by atoms with Crippen molar-refractivity contribution in [3.63, 3.8) is 0 Å². The Bertz CT molecular complexity index is 810. The normalized spacial score (nSPS) is 15.2. The third kappa shape index (κ3) is 6.65. The first kappa shape index (κ1) is 21.5. The van der Waals surface area contributed by atoms with Crippen LogP contribution in [-0.4, -0.2) is 41.3 Å². The average molecular weight is 415 g/mol. The maximum absolute atomic E-state index is 12.2. The zero-order valence-corrected chi connectivity index (χ0v) is 18.1. The van der Waals surface area contributed by atoms with Gasteiger partial charge in [-0.2, -0.15) is 0 Å². The van der Waals surface area contributed by atoms with Gasteiger partial charge < -0.3 is 10.6 Å². The lowest BCUT2D eigenvalue weighted by Gasteiger charge is -2.30. The van der Waals surface area contributed by atoms with Crippen LogP contribution in [0.3, 0.4) is 0 Å². The van der Waals surface area contributed by atoms with Crippen LogP contribution in [0.2, 0.25) is 0 Å². The van der Waals surface area contributed by atoms with Gasteiger partial charge >= 0.3 is 0 Å². The fourth-order valence-corrected chi connectivity index (χ4v) is 4.24. The van der Waals surface area contributed by atoms with Crippen molar-refractivity contribution >= 4 is 28.8 Å². The SMILES string of the molecule is CCCNC(=O)C1CCN(Cc2csc(CC(=O)Nc3ccc(C)cc3)n2)CC1. The van der Waals surface area contributed by atoms with Crippen molar-refractivity contribution in [1.82, 2.24) is 15.2 Å². The van der Waals surface area contributed by atoms with E-state index >= 15 is 0 Å². The van der Waals surface area contributed by atoms with Crippen molar-refractivity contribution in [2.75, 3.05) is 25.0 Å². The first-order valence-electron chi connectivity index (χ1n) is 10.3. The van der Waals surface area contributed by atoms with Crippen molar-refractivity contribution in [3.8, 4) is 0 Å². The van der Waals surface area contributed by atoms with Crippen molar-refractivity contribution < 1.29 is 9.59 Å². The molecule has 2 heterocycles. The summed E-state index contributed by atoms with van der Waals surface area (Å²) < 4.78 is 0. The highest BCUT2D eigenvalue weighted by atomic mass is 32.1. The maximum Gasteiger partial charge on any atom is 0.231 e. The molecular weight excluding hydrogens is 384 g/mol. The number of likely N-dealkylation sites (tertiary alicyclic amines) is 1. The van der Waals surface area contributed by atoms with Gasteiger partial charge in [0.05, 0.1) is 12.1 Å². The average Bonchev–Trinajstić information content (AvgIpc) is 3.15. The van der Waals surface area contributed by atoms with Crippen molar-refractivity contribution in [2.45, 2.75) is 46.1 Å². The number of amides is 2. The number of hydrogen-bond acceptors (Lipinski definition) is 5. The molecule has 0 bridgehead atoms. The Balaban J connectivity index is 1.43. The van der Waals surface area contributed by atoms with E-state index in [9.17, 15) is 9.59 Å². The summed E-state index contributed by atoms with van der Waals surface area (Å²) in [6, 6.07) is 7.78. The van der Waals surface area contributed by atoms with Gasteiger partial charge in [0, 0.05) is 30.1 Å². The number of anilines is 1. The Morgan fingerprint density at radius 1 is 1.21 bits per heavy atom. The first-order valence-corrected chi connectivity index (χ1v) is 11.2. The molecule has 0 radical (unpaired) electrons. The van der Waals surface area contributed by atoms with Gasteiger partial charge in [-0.1, -0.05) is 24.6 Å². The number of aromatic nitrogens is 1. The molecule has 1 saturated heterocycles. The Morgan fingerprint density at radius 3 is 2.62 bits per heavy atom. The molecule has 0 unspecified atom stereocenters. The van der Waals surface area contributed by atoms with E-state index in [1.807, 2.05) is 36.6 Å². The Labute approximate surface area is 176 Å². The lowest BCUT2D eigenvalue weighted by atomic mass is 9.96. The number of thiazole rings is 1. The van der Waals surface area contributed by atoms with Gasteiger partial charge in [0.2, 0.25) is 11.8 Å². The van der Waals surface area contributed by atoms with Crippen LogP contribution in [0.4, 0.5) is 5.69 Å². The predicted octanol–water partition coefficient (Wildman–Crippen LogP) is 3.37. The molecule has 1 aromatic heterocycles. The van der Waals surface area contributed by atoms with Crippen LogP contribution in [0.25, 0.3) is 0 Å². The number of benzene rings is 1. The lowest BCUT2D eigenvalue weighted by molar-refractivity contribution is -0.126. The molecule has 7 heteroatoms. The number of carbonyl (C=O) groups is 2. The van der Waals surface area contributed by atoms with Crippen LogP contribution in [0.15, 0.2) is 29.6 Å². The molecule has 156 valence electrons. The topological polar surface area (TPSA) is 74.3 Å². The molecule has 29 heavy (non-hydrogen) atoms. The standard InChI is InChI=1S/C22H30N4O2S/c1-3-10-23-22(28)17-8-11-26(12-9-17)14-19-15-29-21(25-19)13-20(27)24-18-6-4-16(2)5-7-18/h4-7,15,17H,3,8-14H2,1-2H3,(H,23,28)(H,24,27). The monoisotopic (exact) mass is 414 g/mol. The van der Waals surface area contributed by atoms with Crippen molar-refractivity contribution in [3.05, 3.63) is 45.9 Å². The minimum Gasteiger partial charge on any atom is -0.356 e. The number of piperidine rings is 1. The third-order valence-electron chi connectivity index (χ3n) is 5.14. The summed E-state index contributed by atoms with van der Waals surface area (Å²) >= 11 is 1.53. The summed E-state index contributed by atoms with van der Waals surface area (Å²) in [6.45, 7) is 7.44. The fraction of sp³-hybridized carbons (Fsp3) is 0.500. The molecule has 2 N–H and O–H groups in total. The summed E-state index contributed by atoms with van der Waals surface area (Å²) in [4.78, 5) is 31.3. The molecule has 0 saturated carbocycles. The molecule has 1 aliphatic rings. The molecule has 2 amide bonds. The summed E-state index contributed by atoms with van der Waals surface area (Å²) in [6.07, 6.45) is 3.05. The van der Waals surface area contributed by atoms with Gasteiger partial charge in [0.25, 0.3) is 0 Å². The number of aryl methyl sites for hydroxylation is 1. The van der Waals surface area contributed by atoms with E-state index in [1.54, 1.807) is 0 Å². The zero-order valence-electron chi connectivity index (χ0n) is 17.2. The van der Waals surface area contributed by atoms with Crippen molar-refractivity contribution in [2.24, 2.45) is 5.92 Å². The van der Waals surface area contributed by atoms with E-state index in [-0.39, 0.29) is 24.2 Å². The van der Waals surface area contributed by atoms with Gasteiger partial charge in [-0.15, -0.1) is 11.3 Å². The fourth-order valence-electron chi connectivity index (χ4n) is 3.46. The van der Waals surface area contributed by atoms with Gasteiger partial charge in [-0.3, -0.25) is 14.5 Å². The smallest absolute Gasteiger partial charge is 0.231 e. The zero-order chi connectivity index (χ0) is 20.6. The second-order valence-corrected chi connectivity index (χ2v) is 8.61. The predicted molar refractivity (Wildman–Crippen MR) is 117 cm³/mol. The lowest BCUT2D eigenvalue weighted by Crippen LogP contribution is -2.40. The molecule has 1 aliphatic heterocycles. The van der Waals surface area contributed by atoms with E-state index < -0.39 is 0 Å². The Kier molecular flexibility index (Phi) is 7.77. The molecule has 6 nitrogen and oxygen atoms in total. The van der Waals surface area contributed by atoms with Gasteiger partial charge in [0.15, 0.2) is 0 Å². The summed E-state index contributed by atoms with van der Waals surface area (Å²) in [5.74, 6) is 0.282. The largest absolute Gasteiger partial charge is 0.356 e. The number of nitrogens with zero attached hydrogens (tertiary/aromatic N) is 2. The maximum atomic E-state index is 12.2. The third-order valence-corrected chi connectivity index (χ3v) is 6.04. The molecule has 1 fully saturated rings. The molecule has 1 aromatic carbocycles. The second-order valence-electron chi connectivity index (χ2n) is 7.67. The molecule has 2 aromatic rings. The van der Waals surface area contributed by atoms with E-state index in [4.69, 9.17) is 0 Å². The number of rotatable bonds is 8. The van der Waals surface area contributed by atoms with E-state index in [0.29, 0.717) is 0 Å². The van der Waals surface area contributed by atoms with E-state index in [0.717, 1.165) is 67.4 Å². The summed E-state index contributed by atoms with van der Waals surface area (Å²) in [5.41, 5.74) is 2.98. The molecule has 3 rings (SSSR count). The summed E-state index contributed by atoms with van der Waals surface area (Å²) in [7, 11) is 0. The molecule has 0 spiro atoms. The van der Waals surface area contributed by atoms with Crippen LogP contribution < -0.4 is 10.6 Å². The molecule has 0 aliphatic carbocycles. The van der Waals surface area contributed by atoms with Crippen LogP contribution in [-0.2, 0) is 22.6 Å². The number of nitrogens with one attached hydrogen (secondary N) is 2. The van der Waals surface area contributed by atoms with E-state index in [2.05, 4.69) is 27.4 Å². The Morgan fingerprint density at radius 2 is 1.93 bits per heavy atom. The number of carbonyl (C=O) groups excluding carboxylic acids is 2. The quantitative estimate of drug-likeness (QED) is 0.695. The van der Waals surface area contributed by atoms with E-state index in [1.165, 1.54) is 11.3 Å². The number of hydrogen-bond donors (Lipinski definition) is 2. The first-order chi connectivity index (χ1) is 14.0. The van der Waals surface area contributed by atoms with Crippen LogP contribution in [0, 0.1) is 12.8 Å². The van der Waals surface area contributed by atoms with Gasteiger partial charge in [0.1, 0.15) is 5.01 Å². The van der Waals surface area contributed by atoms with Crippen LogP contribution in [0.5, 0.6) is 0 Å². The molecular formula is C22H30N4O2S. The van der Waals surface area contributed by atoms with Gasteiger partial charge in [-0.25, -0.2) is 4.98 Å². The Hall–Kier alpha value is -2.25. The minimum absolute atomic E-state index is 0.0475. The summed E-state index contributed by atoms with van der Waals surface area (Å²) in [5, 5.41) is 8.79. The highest BCUT2D eigenvalue weighted by molar-refractivity contribution is 7.09. The minimum atomic E-state index is -0.0475. The van der Waals surface area contributed by atoms with Crippen LogP contribution in [0.1, 0.15) is 42.5 Å². The second kappa shape index (κ2) is 10.5. The highest BCUT2D eigenvalue weighted by Gasteiger charge is 2.25.